The van der Waals surface area contributed by atoms with Gasteiger partial charge in [0, 0.05) is 0 Å². The number of allylic oxidation sites excluding steroid dienone is 1. The number of rotatable bonds is 2. The molecule has 1 aromatic rings. The fourth-order valence-corrected chi connectivity index (χ4v) is 0.686. The van der Waals surface area contributed by atoms with Gasteiger partial charge in [0.05, 0.1) is 0 Å². The fraction of sp³-hybridized carbons (Fsp3) is 0.143. The molecule has 0 aromatic carbocycles. The standard InChI is InChI=1S/C7H8BN/c1-2-3-7-6-9-5-4-8-7/h2,4-6H,1,3H2. The normalized spacial score (nSPS) is 8.44. The Morgan fingerprint density at radius 1 is 1.78 bits per heavy atom. The summed E-state index contributed by atoms with van der Waals surface area (Å²) in [6.07, 6.45) is 6.40. The van der Waals surface area contributed by atoms with Crippen LogP contribution in [0.1, 0.15) is 5.46 Å². The first-order chi connectivity index (χ1) is 4.43. The molecule has 1 aromatic heterocycles. The van der Waals surface area contributed by atoms with Gasteiger partial charge in [-0.05, 0) is 0 Å². The van der Waals surface area contributed by atoms with E-state index in [9.17, 15) is 0 Å². The summed E-state index contributed by atoms with van der Waals surface area (Å²) in [5.74, 6) is 1.93. The van der Waals surface area contributed by atoms with Crippen LogP contribution in [0.5, 0.6) is 0 Å². The second-order valence-electron chi connectivity index (χ2n) is 1.85. The molecule has 0 radical (unpaired) electrons. The molecule has 9 heavy (non-hydrogen) atoms. The monoisotopic (exact) mass is 117 g/mol. The van der Waals surface area contributed by atoms with Gasteiger partial charge < -0.3 is 0 Å². The first-order valence-electron chi connectivity index (χ1n) is 2.93. The summed E-state index contributed by atoms with van der Waals surface area (Å²) in [7, 11) is 0. The number of nitrogens with zero attached hydrogens (tertiary/aromatic N) is 1. The Hall–Kier alpha value is -0.915. The summed E-state index contributed by atoms with van der Waals surface area (Å²) in [5.41, 5.74) is 1.22. The molecule has 0 atom stereocenters. The van der Waals surface area contributed by atoms with Crippen LogP contribution in [0.4, 0.5) is 0 Å². The third-order valence-electron chi connectivity index (χ3n) is 1.10. The van der Waals surface area contributed by atoms with Crippen molar-refractivity contribution >= 4 is 6.91 Å². The predicted octanol–water partition coefficient (Wildman–Crippen LogP) is 1.15. The van der Waals surface area contributed by atoms with E-state index in [0.29, 0.717) is 0 Å². The van der Waals surface area contributed by atoms with Crippen LogP contribution in [0.3, 0.4) is 0 Å². The molecule has 0 saturated heterocycles. The Labute approximate surface area is 55.7 Å². The van der Waals surface area contributed by atoms with E-state index >= 15 is 0 Å². The Kier molecular flexibility index (Phi) is 2.19. The van der Waals surface area contributed by atoms with E-state index in [1.54, 1.807) is 6.20 Å². The van der Waals surface area contributed by atoms with Gasteiger partial charge in [-0.3, -0.25) is 0 Å². The van der Waals surface area contributed by atoms with Gasteiger partial charge in [0.25, 0.3) is 0 Å². The molecule has 1 nitrogen and oxygen atoms in total. The zero-order valence-electron chi connectivity index (χ0n) is 5.25. The van der Waals surface area contributed by atoms with Gasteiger partial charge in [0.1, 0.15) is 0 Å². The van der Waals surface area contributed by atoms with E-state index in [4.69, 9.17) is 0 Å². The van der Waals surface area contributed by atoms with Crippen molar-refractivity contribution in [3.8, 4) is 0 Å². The van der Waals surface area contributed by atoms with Gasteiger partial charge in [0.2, 0.25) is 0 Å². The first-order valence-corrected chi connectivity index (χ1v) is 2.93. The summed E-state index contributed by atoms with van der Waals surface area (Å²) in [4.78, 5) is 3.96. The van der Waals surface area contributed by atoms with Crippen LogP contribution in [0, 0.1) is 0 Å². The van der Waals surface area contributed by atoms with Gasteiger partial charge in [-0.2, -0.15) is 0 Å². The van der Waals surface area contributed by atoms with Crippen molar-refractivity contribution in [2.24, 2.45) is 0 Å². The average molecular weight is 117 g/mol. The molecule has 0 spiro atoms. The van der Waals surface area contributed by atoms with Crippen molar-refractivity contribution in [1.29, 1.82) is 0 Å². The van der Waals surface area contributed by atoms with Gasteiger partial charge in [-0.1, -0.05) is 0 Å². The second kappa shape index (κ2) is 3.18. The Morgan fingerprint density at radius 3 is 3.22 bits per heavy atom. The van der Waals surface area contributed by atoms with E-state index in [1.807, 2.05) is 25.1 Å². The van der Waals surface area contributed by atoms with E-state index in [-0.39, 0.29) is 0 Å². The van der Waals surface area contributed by atoms with Crippen LogP contribution >= 0.6 is 0 Å². The molecule has 0 aliphatic carbocycles. The molecule has 0 aliphatic rings. The van der Waals surface area contributed by atoms with Crippen molar-refractivity contribution in [1.82, 2.24) is 4.98 Å². The number of hydrogen-bond donors (Lipinski definition) is 0. The average Bonchev–Trinajstić information content (AvgIpc) is 1.91. The van der Waals surface area contributed by atoms with Gasteiger partial charge in [-0.15, -0.1) is 0 Å². The second-order valence-corrected chi connectivity index (χ2v) is 1.85. The minimum atomic E-state index is 0.911. The number of hydrogen-bond acceptors (Lipinski definition) is 1. The van der Waals surface area contributed by atoms with E-state index in [2.05, 4.69) is 11.6 Å². The van der Waals surface area contributed by atoms with E-state index < -0.39 is 0 Å². The Balaban J connectivity index is 2.72. The zero-order chi connectivity index (χ0) is 6.53. The van der Waals surface area contributed by atoms with Crippen molar-refractivity contribution < 1.29 is 0 Å². The van der Waals surface area contributed by atoms with Crippen molar-refractivity contribution in [3.05, 3.63) is 36.5 Å². The number of aromatic nitrogens is 1. The maximum absolute atomic E-state index is 3.96. The molecule has 44 valence electrons. The van der Waals surface area contributed by atoms with Crippen LogP contribution in [0.15, 0.2) is 31.0 Å². The quantitative estimate of drug-likeness (QED) is 0.529. The zero-order valence-corrected chi connectivity index (χ0v) is 5.25. The molecular weight excluding hydrogens is 109 g/mol. The van der Waals surface area contributed by atoms with Gasteiger partial charge in [-0.25, -0.2) is 0 Å². The molecule has 0 amide bonds. The van der Waals surface area contributed by atoms with Crippen LogP contribution in [0.25, 0.3) is 0 Å². The van der Waals surface area contributed by atoms with E-state index in [1.165, 1.54) is 5.46 Å². The van der Waals surface area contributed by atoms with Crippen molar-refractivity contribution in [2.75, 3.05) is 0 Å². The SMILES string of the molecule is C=CCc1bccnc1. The summed E-state index contributed by atoms with van der Waals surface area (Å²) < 4.78 is 0. The van der Waals surface area contributed by atoms with Crippen LogP contribution in [0.2, 0.25) is 0 Å². The molecule has 0 unspecified atom stereocenters. The predicted molar refractivity (Wildman–Crippen MR) is 39.5 cm³/mol. The van der Waals surface area contributed by atoms with Crippen molar-refractivity contribution in [3.63, 3.8) is 0 Å². The third kappa shape index (κ3) is 1.80. The molecule has 0 saturated carbocycles. The molecule has 0 aliphatic heterocycles. The van der Waals surface area contributed by atoms with Crippen molar-refractivity contribution in [2.45, 2.75) is 6.42 Å². The summed E-state index contributed by atoms with van der Waals surface area (Å²) in [5, 5.41) is 0. The van der Waals surface area contributed by atoms with Crippen LogP contribution in [-0.2, 0) is 6.42 Å². The topological polar surface area (TPSA) is 12.9 Å². The maximum atomic E-state index is 3.96. The molecule has 0 fully saturated rings. The van der Waals surface area contributed by atoms with Gasteiger partial charge in [0.15, 0.2) is 0 Å². The third-order valence-corrected chi connectivity index (χ3v) is 1.10. The first kappa shape index (κ1) is 6.21. The summed E-state index contributed by atoms with van der Waals surface area (Å²) in [6, 6.07) is 0. The van der Waals surface area contributed by atoms with Crippen LogP contribution in [-0.4, -0.2) is 11.9 Å². The Morgan fingerprint density at radius 2 is 2.67 bits per heavy atom. The molecular formula is C7H8BN. The molecule has 0 bridgehead atoms. The van der Waals surface area contributed by atoms with Gasteiger partial charge >= 0.3 is 54.8 Å². The minimum absolute atomic E-state index is 0.911. The fourth-order valence-electron chi connectivity index (χ4n) is 0.686. The molecule has 0 N–H and O–H groups in total. The summed E-state index contributed by atoms with van der Waals surface area (Å²) in [6.45, 7) is 5.66. The molecule has 2 heteroatoms. The molecule has 1 heterocycles. The molecule has 1 rings (SSSR count). The van der Waals surface area contributed by atoms with Crippen LogP contribution < -0.4 is 0 Å². The Bertz CT molecular complexity index is 183. The van der Waals surface area contributed by atoms with E-state index in [0.717, 1.165) is 6.42 Å². The summed E-state index contributed by atoms with van der Waals surface area (Å²) >= 11 is 0.